The van der Waals surface area contributed by atoms with Gasteiger partial charge in [0, 0.05) is 17.3 Å². The van der Waals surface area contributed by atoms with Gasteiger partial charge in [0.2, 0.25) is 5.95 Å². The number of fused-ring (bicyclic) bond motifs is 1. The van der Waals surface area contributed by atoms with Gasteiger partial charge in [0.25, 0.3) is 0 Å². The molecule has 0 fully saturated rings. The summed E-state index contributed by atoms with van der Waals surface area (Å²) >= 11 is 0. The van der Waals surface area contributed by atoms with E-state index in [1.807, 2.05) is 38.1 Å². The van der Waals surface area contributed by atoms with Crippen LogP contribution in [0.2, 0.25) is 0 Å². The maximum absolute atomic E-state index is 11.8. The van der Waals surface area contributed by atoms with E-state index >= 15 is 0 Å². The second-order valence-electron chi connectivity index (χ2n) is 5.58. The Kier molecular flexibility index (Phi) is 4.42. The number of anilines is 2. The molecule has 2 aromatic carbocycles. The number of aromatic nitrogens is 2. The van der Waals surface area contributed by atoms with Crippen LogP contribution in [-0.2, 0) is 4.74 Å². The molecule has 0 spiro atoms. The van der Waals surface area contributed by atoms with Crippen molar-refractivity contribution in [1.29, 1.82) is 0 Å². The first kappa shape index (κ1) is 15.9. The van der Waals surface area contributed by atoms with Gasteiger partial charge < -0.3 is 10.1 Å². The van der Waals surface area contributed by atoms with Crippen molar-refractivity contribution in [2.75, 3.05) is 11.9 Å². The number of hydrogen-bond donors (Lipinski definition) is 1. The molecule has 0 radical (unpaired) electrons. The second-order valence-corrected chi connectivity index (χ2v) is 5.58. The smallest absolute Gasteiger partial charge is 0.338 e. The van der Waals surface area contributed by atoms with Gasteiger partial charge in [-0.05, 0) is 50.1 Å². The van der Waals surface area contributed by atoms with Gasteiger partial charge in [0.15, 0.2) is 0 Å². The van der Waals surface area contributed by atoms with Crippen molar-refractivity contribution in [3.8, 4) is 0 Å². The van der Waals surface area contributed by atoms with Crippen molar-refractivity contribution in [3.63, 3.8) is 0 Å². The summed E-state index contributed by atoms with van der Waals surface area (Å²) in [4.78, 5) is 20.7. The Morgan fingerprint density at radius 1 is 1.17 bits per heavy atom. The van der Waals surface area contributed by atoms with Crippen LogP contribution >= 0.6 is 0 Å². The summed E-state index contributed by atoms with van der Waals surface area (Å²) in [5, 5.41) is 4.22. The van der Waals surface area contributed by atoms with Crippen LogP contribution in [0.25, 0.3) is 10.9 Å². The zero-order valence-electron chi connectivity index (χ0n) is 14.0. The lowest BCUT2D eigenvalue weighted by molar-refractivity contribution is 0.0526. The number of nitrogens with one attached hydrogen (secondary N) is 1. The molecule has 0 saturated carbocycles. The number of esters is 1. The van der Waals surface area contributed by atoms with E-state index in [4.69, 9.17) is 4.74 Å². The topological polar surface area (TPSA) is 64.1 Å². The van der Waals surface area contributed by atoms with Crippen LogP contribution in [0.15, 0.2) is 42.6 Å². The zero-order valence-corrected chi connectivity index (χ0v) is 14.0. The Morgan fingerprint density at radius 2 is 2.00 bits per heavy atom. The van der Waals surface area contributed by atoms with Gasteiger partial charge in [-0.2, -0.15) is 0 Å². The Balaban J connectivity index is 1.88. The third-order valence-electron chi connectivity index (χ3n) is 3.80. The molecular formula is C19H19N3O2. The second kappa shape index (κ2) is 6.66. The number of ether oxygens (including phenoxy) is 1. The lowest BCUT2D eigenvalue weighted by atomic mass is 10.1. The average Bonchev–Trinajstić information content (AvgIpc) is 2.57. The van der Waals surface area contributed by atoms with E-state index in [-0.39, 0.29) is 5.97 Å². The first-order valence-electron chi connectivity index (χ1n) is 7.85. The van der Waals surface area contributed by atoms with Crippen LogP contribution in [0.4, 0.5) is 11.6 Å². The highest BCUT2D eigenvalue weighted by atomic mass is 16.5. The molecule has 0 bridgehead atoms. The third kappa shape index (κ3) is 3.20. The molecule has 0 amide bonds. The highest BCUT2D eigenvalue weighted by molar-refractivity contribution is 5.90. The number of para-hydroxylation sites is 1. The van der Waals surface area contributed by atoms with Gasteiger partial charge in [-0.1, -0.05) is 18.2 Å². The van der Waals surface area contributed by atoms with Gasteiger partial charge in [0.1, 0.15) is 0 Å². The number of nitrogens with zero attached hydrogens (tertiary/aromatic N) is 2. The Hall–Kier alpha value is -2.95. The number of rotatable bonds is 4. The van der Waals surface area contributed by atoms with E-state index in [9.17, 15) is 4.79 Å². The van der Waals surface area contributed by atoms with Gasteiger partial charge in [0.05, 0.1) is 17.7 Å². The standard InChI is InChI=1S/C19H19N3O2/c1-4-24-18(23)14-8-9-16(13(3)10-14)21-19-20-11-15-7-5-6-12(2)17(15)22-19/h5-11H,4H2,1-3H3,(H,20,21,22). The summed E-state index contributed by atoms with van der Waals surface area (Å²) in [5.74, 6) is 0.216. The van der Waals surface area contributed by atoms with Crippen LogP contribution in [0.5, 0.6) is 0 Å². The van der Waals surface area contributed by atoms with Crippen molar-refractivity contribution < 1.29 is 9.53 Å². The molecular weight excluding hydrogens is 302 g/mol. The maximum atomic E-state index is 11.8. The van der Waals surface area contributed by atoms with Crippen molar-refractivity contribution >= 4 is 28.5 Å². The number of hydrogen-bond acceptors (Lipinski definition) is 5. The van der Waals surface area contributed by atoms with E-state index < -0.39 is 0 Å². The molecule has 0 atom stereocenters. The maximum Gasteiger partial charge on any atom is 0.338 e. The normalized spacial score (nSPS) is 10.6. The van der Waals surface area contributed by atoms with Crippen molar-refractivity contribution in [3.05, 3.63) is 59.3 Å². The molecule has 1 heterocycles. The monoisotopic (exact) mass is 321 g/mol. The van der Waals surface area contributed by atoms with Gasteiger partial charge >= 0.3 is 5.97 Å². The van der Waals surface area contributed by atoms with E-state index in [2.05, 4.69) is 15.3 Å². The molecule has 0 saturated heterocycles. The molecule has 3 rings (SSSR count). The SMILES string of the molecule is CCOC(=O)c1ccc(Nc2ncc3cccc(C)c3n2)c(C)c1. The number of benzene rings is 2. The first-order chi connectivity index (χ1) is 11.6. The van der Waals surface area contributed by atoms with Crippen molar-refractivity contribution in [1.82, 2.24) is 9.97 Å². The predicted octanol–water partition coefficient (Wildman–Crippen LogP) is 4.17. The molecule has 0 aliphatic heterocycles. The van der Waals surface area contributed by atoms with E-state index in [0.29, 0.717) is 18.1 Å². The van der Waals surface area contributed by atoms with Gasteiger partial charge in [-0.3, -0.25) is 0 Å². The van der Waals surface area contributed by atoms with Crippen molar-refractivity contribution in [2.24, 2.45) is 0 Å². The Labute approximate surface area is 140 Å². The lowest BCUT2D eigenvalue weighted by Gasteiger charge is -2.11. The van der Waals surface area contributed by atoms with Crippen LogP contribution in [-0.4, -0.2) is 22.5 Å². The van der Waals surface area contributed by atoms with Crippen molar-refractivity contribution in [2.45, 2.75) is 20.8 Å². The van der Waals surface area contributed by atoms with E-state index in [1.54, 1.807) is 25.3 Å². The Bertz CT molecular complexity index is 906. The molecule has 24 heavy (non-hydrogen) atoms. The molecule has 5 heteroatoms. The molecule has 0 unspecified atom stereocenters. The summed E-state index contributed by atoms with van der Waals surface area (Å²) in [7, 11) is 0. The predicted molar refractivity (Wildman–Crippen MR) is 94.7 cm³/mol. The molecule has 0 aliphatic rings. The minimum Gasteiger partial charge on any atom is -0.462 e. The largest absolute Gasteiger partial charge is 0.462 e. The zero-order chi connectivity index (χ0) is 17.1. The molecule has 1 aromatic heterocycles. The fraction of sp³-hybridized carbons (Fsp3) is 0.211. The summed E-state index contributed by atoms with van der Waals surface area (Å²) in [6, 6.07) is 11.4. The molecule has 1 N–H and O–H groups in total. The van der Waals surface area contributed by atoms with Crippen LogP contribution < -0.4 is 5.32 Å². The quantitative estimate of drug-likeness (QED) is 0.731. The van der Waals surface area contributed by atoms with Crippen LogP contribution in [0.3, 0.4) is 0 Å². The summed E-state index contributed by atoms with van der Waals surface area (Å²) < 4.78 is 5.02. The first-order valence-corrected chi connectivity index (χ1v) is 7.85. The summed E-state index contributed by atoms with van der Waals surface area (Å²) in [6.45, 7) is 6.11. The highest BCUT2D eigenvalue weighted by Crippen LogP contribution is 2.22. The summed E-state index contributed by atoms with van der Waals surface area (Å²) in [5.41, 5.74) is 4.35. The lowest BCUT2D eigenvalue weighted by Crippen LogP contribution is -2.06. The van der Waals surface area contributed by atoms with Crippen LogP contribution in [0.1, 0.15) is 28.4 Å². The molecule has 0 aliphatic carbocycles. The molecule has 122 valence electrons. The fourth-order valence-electron chi connectivity index (χ4n) is 2.53. The highest BCUT2D eigenvalue weighted by Gasteiger charge is 2.09. The minimum absolute atomic E-state index is 0.315. The number of carbonyl (C=O) groups excluding carboxylic acids is 1. The Morgan fingerprint density at radius 3 is 2.75 bits per heavy atom. The third-order valence-corrected chi connectivity index (χ3v) is 3.80. The minimum atomic E-state index is -0.315. The summed E-state index contributed by atoms with van der Waals surface area (Å²) in [6.07, 6.45) is 1.81. The number of aryl methyl sites for hydroxylation is 2. The van der Waals surface area contributed by atoms with Gasteiger partial charge in [-0.25, -0.2) is 14.8 Å². The van der Waals surface area contributed by atoms with E-state index in [1.165, 1.54) is 0 Å². The number of carbonyl (C=O) groups is 1. The average molecular weight is 321 g/mol. The van der Waals surface area contributed by atoms with Gasteiger partial charge in [-0.15, -0.1) is 0 Å². The fourth-order valence-corrected chi connectivity index (χ4v) is 2.53. The van der Waals surface area contributed by atoms with E-state index in [0.717, 1.165) is 27.7 Å². The van der Waals surface area contributed by atoms with Crippen LogP contribution in [0, 0.1) is 13.8 Å². The molecule has 3 aromatic rings. The molecule has 5 nitrogen and oxygen atoms in total.